The molecule has 1 aromatic rings. The highest BCUT2D eigenvalue weighted by Crippen LogP contribution is 2.32. The lowest BCUT2D eigenvalue weighted by Gasteiger charge is -2.40. The fourth-order valence-corrected chi connectivity index (χ4v) is 7.24. The number of nitrogens with zero attached hydrogens (tertiary/aromatic N) is 3. The number of unbranched alkanes of at least 4 members (excludes halogenated alkanes) is 3. The van der Waals surface area contributed by atoms with Crippen molar-refractivity contribution in [3.63, 3.8) is 0 Å². The number of aromatic carboxylic acids is 1. The van der Waals surface area contributed by atoms with Crippen LogP contribution in [0, 0.1) is 11.8 Å². The zero-order valence-electron chi connectivity index (χ0n) is 32.1. The van der Waals surface area contributed by atoms with Crippen molar-refractivity contribution >= 4 is 35.2 Å². The van der Waals surface area contributed by atoms with E-state index in [9.17, 15) is 24.3 Å². The van der Waals surface area contributed by atoms with Crippen molar-refractivity contribution in [1.82, 2.24) is 25.4 Å². The first-order valence-corrected chi connectivity index (χ1v) is 19.6. The Bertz CT molecular complexity index is 1200. The normalized spacial score (nSPS) is 17.8. The summed E-state index contributed by atoms with van der Waals surface area (Å²) in [5, 5.41) is 17.6. The van der Waals surface area contributed by atoms with Gasteiger partial charge in [-0.25, -0.2) is 14.6 Å². The number of carbonyl (C=O) groups is 4. The van der Waals surface area contributed by atoms with E-state index < -0.39 is 35.9 Å². The molecule has 5 atom stereocenters. The van der Waals surface area contributed by atoms with Crippen LogP contribution in [0.2, 0.25) is 0 Å². The molecule has 0 radical (unpaired) electrons. The van der Waals surface area contributed by atoms with Gasteiger partial charge in [0.15, 0.2) is 5.69 Å². The van der Waals surface area contributed by atoms with Crippen molar-refractivity contribution in [3.8, 4) is 0 Å². The molecule has 2 rings (SSSR count). The molecule has 0 bridgehead atoms. The van der Waals surface area contributed by atoms with Crippen LogP contribution < -0.4 is 10.6 Å². The minimum absolute atomic E-state index is 0.0137. The molecule has 12 nitrogen and oxygen atoms in total. The molecule has 4 unspecified atom stereocenters. The Morgan fingerprint density at radius 3 is 2.40 bits per heavy atom. The summed E-state index contributed by atoms with van der Waals surface area (Å²) in [6.07, 6.45) is 6.72. The molecule has 13 heteroatoms. The number of nitrogens with one attached hydrogen (secondary N) is 2. The number of thiazole rings is 1. The number of carbonyl (C=O) groups excluding carboxylic acids is 3. The van der Waals surface area contributed by atoms with Gasteiger partial charge in [-0.2, -0.15) is 0 Å². The van der Waals surface area contributed by atoms with E-state index in [-0.39, 0.29) is 35.4 Å². The van der Waals surface area contributed by atoms with Crippen LogP contribution in [-0.2, 0) is 19.1 Å². The quantitative estimate of drug-likeness (QED) is 0.119. The van der Waals surface area contributed by atoms with Gasteiger partial charge in [-0.3, -0.25) is 14.5 Å². The van der Waals surface area contributed by atoms with Gasteiger partial charge in [0.2, 0.25) is 11.8 Å². The maximum Gasteiger partial charge on any atom is 0.407 e. The highest BCUT2D eigenvalue weighted by Gasteiger charge is 2.38. The van der Waals surface area contributed by atoms with Crippen molar-refractivity contribution in [1.29, 1.82) is 0 Å². The number of alkyl carbamates (subject to hydrolysis) is 1. The molecule has 3 amide bonds. The van der Waals surface area contributed by atoms with Gasteiger partial charge in [-0.05, 0) is 65.3 Å². The second-order valence-corrected chi connectivity index (χ2v) is 15.7. The van der Waals surface area contributed by atoms with E-state index in [1.807, 2.05) is 46.4 Å². The van der Waals surface area contributed by atoms with E-state index in [2.05, 4.69) is 41.3 Å². The van der Waals surface area contributed by atoms with Gasteiger partial charge in [-0.15, -0.1) is 11.3 Å². The first kappa shape index (κ1) is 43.4. The number of carboxylic acid groups (broad SMARTS) is 1. The van der Waals surface area contributed by atoms with Crippen LogP contribution in [0.5, 0.6) is 0 Å². The summed E-state index contributed by atoms with van der Waals surface area (Å²) in [5.74, 6) is -1.39. The molecule has 0 saturated carbocycles. The van der Waals surface area contributed by atoms with Crippen LogP contribution >= 0.6 is 11.3 Å². The molecule has 3 N–H and O–H groups in total. The predicted octanol–water partition coefficient (Wildman–Crippen LogP) is 6.65. The molecule has 0 aliphatic carbocycles. The Morgan fingerprint density at radius 1 is 1.10 bits per heavy atom. The van der Waals surface area contributed by atoms with E-state index in [1.165, 1.54) is 16.7 Å². The van der Waals surface area contributed by atoms with Gasteiger partial charge in [0, 0.05) is 44.1 Å². The number of aromatic nitrogens is 1. The van der Waals surface area contributed by atoms with Crippen molar-refractivity contribution in [2.75, 3.05) is 32.8 Å². The zero-order valence-corrected chi connectivity index (χ0v) is 32.9. The standard InChI is InChI=1S/C37H65N5O7S/c1-10-13-14-16-21-42(29(25(4)5)23-30(48-12-3)33-39-27(24-50-33)35(45)46)34(44)31(26(6)11-2)40-32(43)28-18-15-17-20-41(28)22-19-38-36(47)49-37(7,8)9/h24-26,28-31H,10-23H2,1-9H3,(H,38,47)(H,40,43)(H,45,46)/t26?,28-,29?,30?,31?/m1/s1. The average Bonchev–Trinajstić information content (AvgIpc) is 3.55. The van der Waals surface area contributed by atoms with E-state index in [4.69, 9.17) is 9.47 Å². The van der Waals surface area contributed by atoms with Gasteiger partial charge >= 0.3 is 12.1 Å². The molecule has 1 saturated heterocycles. The van der Waals surface area contributed by atoms with E-state index >= 15 is 0 Å². The number of hydrogen-bond acceptors (Lipinski definition) is 9. The molecule has 0 aromatic carbocycles. The Kier molecular flexibility index (Phi) is 18.7. The Labute approximate surface area is 304 Å². The van der Waals surface area contributed by atoms with Crippen LogP contribution in [0.25, 0.3) is 0 Å². The van der Waals surface area contributed by atoms with Crippen LogP contribution in [0.15, 0.2) is 5.38 Å². The Morgan fingerprint density at radius 2 is 1.82 bits per heavy atom. The maximum absolute atomic E-state index is 14.8. The van der Waals surface area contributed by atoms with E-state index in [0.717, 1.165) is 45.1 Å². The lowest BCUT2D eigenvalue weighted by Crippen LogP contribution is -2.59. The summed E-state index contributed by atoms with van der Waals surface area (Å²) >= 11 is 1.26. The number of hydrogen-bond donors (Lipinski definition) is 3. The summed E-state index contributed by atoms with van der Waals surface area (Å²) in [6, 6.07) is -1.35. The number of ether oxygens (including phenoxy) is 2. The van der Waals surface area contributed by atoms with E-state index in [0.29, 0.717) is 50.5 Å². The second kappa shape index (κ2) is 21.6. The molecule has 0 spiro atoms. The number of carboxylic acids is 1. The summed E-state index contributed by atoms with van der Waals surface area (Å²) in [6.45, 7) is 20.3. The molecular weight excluding hydrogens is 659 g/mol. The molecule has 1 fully saturated rings. The smallest absolute Gasteiger partial charge is 0.407 e. The Hall–Kier alpha value is -2.77. The van der Waals surface area contributed by atoms with Gasteiger partial charge in [-0.1, -0.05) is 66.7 Å². The fourth-order valence-electron chi connectivity index (χ4n) is 6.38. The lowest BCUT2D eigenvalue weighted by atomic mass is 9.91. The topological polar surface area (TPSA) is 150 Å². The minimum Gasteiger partial charge on any atom is -0.476 e. The highest BCUT2D eigenvalue weighted by molar-refractivity contribution is 7.09. The molecule has 1 aliphatic heterocycles. The summed E-state index contributed by atoms with van der Waals surface area (Å²) in [7, 11) is 0. The van der Waals surface area contributed by atoms with Crippen LogP contribution in [-0.4, -0.2) is 100 Å². The highest BCUT2D eigenvalue weighted by atomic mass is 32.1. The predicted molar refractivity (Wildman–Crippen MR) is 197 cm³/mol. The number of piperidine rings is 1. The number of likely N-dealkylation sites (tertiary alicyclic amines) is 1. The van der Waals surface area contributed by atoms with Gasteiger partial charge in [0.05, 0.1) is 6.04 Å². The minimum atomic E-state index is -1.08. The first-order chi connectivity index (χ1) is 23.6. The van der Waals surface area contributed by atoms with Crippen LogP contribution in [0.4, 0.5) is 4.79 Å². The average molecular weight is 724 g/mol. The third-order valence-electron chi connectivity index (χ3n) is 9.31. The number of rotatable bonds is 21. The molecule has 50 heavy (non-hydrogen) atoms. The van der Waals surface area contributed by atoms with Crippen LogP contribution in [0.1, 0.15) is 142 Å². The summed E-state index contributed by atoms with van der Waals surface area (Å²) in [5.41, 5.74) is -0.609. The molecule has 1 aliphatic rings. The SMILES string of the molecule is CCCCCCN(C(=O)C(NC(=O)[C@H]1CCCCN1CCNC(=O)OC(C)(C)C)C(C)CC)C(CC(OCC)c1nc(C(=O)O)cs1)C(C)C. The fraction of sp³-hybridized carbons (Fsp3) is 0.811. The van der Waals surface area contributed by atoms with Gasteiger partial charge < -0.3 is 30.1 Å². The third-order valence-corrected chi connectivity index (χ3v) is 10.2. The van der Waals surface area contributed by atoms with E-state index in [1.54, 1.807) is 0 Å². The first-order valence-electron chi connectivity index (χ1n) is 18.7. The van der Waals surface area contributed by atoms with Crippen LogP contribution in [0.3, 0.4) is 0 Å². The second-order valence-electron chi connectivity index (χ2n) is 14.8. The van der Waals surface area contributed by atoms with Crippen molar-refractivity contribution in [2.24, 2.45) is 11.8 Å². The zero-order chi connectivity index (χ0) is 37.4. The molecule has 2 heterocycles. The van der Waals surface area contributed by atoms with Crippen molar-refractivity contribution in [2.45, 2.75) is 150 Å². The van der Waals surface area contributed by atoms with Crippen molar-refractivity contribution in [3.05, 3.63) is 16.1 Å². The summed E-state index contributed by atoms with van der Waals surface area (Å²) < 4.78 is 11.5. The van der Waals surface area contributed by atoms with Gasteiger partial charge in [0.1, 0.15) is 22.8 Å². The molecule has 286 valence electrons. The largest absolute Gasteiger partial charge is 0.476 e. The third kappa shape index (κ3) is 14.1. The Balaban J connectivity index is 2.34. The van der Waals surface area contributed by atoms with Crippen molar-refractivity contribution < 1.29 is 33.8 Å². The lowest BCUT2D eigenvalue weighted by molar-refractivity contribution is -0.143. The maximum atomic E-state index is 14.8. The molecular formula is C37H65N5O7S. The molecule has 1 aromatic heterocycles. The summed E-state index contributed by atoms with van der Waals surface area (Å²) in [4.78, 5) is 61.1. The number of amides is 3. The monoisotopic (exact) mass is 723 g/mol. The van der Waals surface area contributed by atoms with Gasteiger partial charge in [0.25, 0.3) is 0 Å².